The van der Waals surface area contributed by atoms with E-state index in [0.29, 0.717) is 11.3 Å². The molecule has 4 aromatic rings. The van der Waals surface area contributed by atoms with Gasteiger partial charge in [-0.2, -0.15) is 0 Å². The van der Waals surface area contributed by atoms with Gasteiger partial charge in [0.05, 0.1) is 11.4 Å². The number of rotatable bonds is 7. The number of hydrogen-bond acceptors (Lipinski definition) is 7. The fraction of sp³-hybridized carbons (Fsp3) is 0.308. The van der Waals surface area contributed by atoms with Crippen molar-refractivity contribution < 1.29 is 17.9 Å². The van der Waals surface area contributed by atoms with E-state index in [4.69, 9.17) is 9.97 Å². The van der Waals surface area contributed by atoms with Crippen LogP contribution < -0.4 is 9.64 Å². The van der Waals surface area contributed by atoms with E-state index >= 15 is 0 Å². The van der Waals surface area contributed by atoms with Crippen molar-refractivity contribution in [3.8, 4) is 17.0 Å². The summed E-state index contributed by atoms with van der Waals surface area (Å²) in [5.74, 6) is 0.698. The first-order valence-corrected chi connectivity index (χ1v) is 13.9. The zero-order valence-electron chi connectivity index (χ0n) is 20.6. The fourth-order valence-electron chi connectivity index (χ4n) is 4.41. The van der Waals surface area contributed by atoms with Crippen LogP contribution in [0.25, 0.3) is 22.5 Å². The number of ether oxygens (including phenoxy) is 1. The molecule has 0 unspecified atom stereocenters. The maximum Gasteiger partial charge on any atom is 0.573 e. The van der Waals surface area contributed by atoms with Crippen molar-refractivity contribution in [2.75, 3.05) is 31.3 Å². The van der Waals surface area contributed by atoms with Crippen LogP contribution in [0.3, 0.4) is 0 Å². The molecule has 0 fully saturated rings. The van der Waals surface area contributed by atoms with E-state index in [1.54, 1.807) is 24.1 Å². The van der Waals surface area contributed by atoms with Crippen molar-refractivity contribution in [2.45, 2.75) is 26.1 Å². The van der Waals surface area contributed by atoms with Crippen molar-refractivity contribution in [1.82, 2.24) is 18.7 Å². The van der Waals surface area contributed by atoms with E-state index in [1.165, 1.54) is 34.6 Å². The molecule has 3 aromatic heterocycles. The van der Waals surface area contributed by atoms with Gasteiger partial charge in [-0.25, -0.2) is 14.3 Å². The molecule has 0 radical (unpaired) electrons. The number of fused-ring (bicyclic) bond motifs is 1. The van der Waals surface area contributed by atoms with Gasteiger partial charge in [0.1, 0.15) is 17.2 Å². The number of hydrogen-bond donors (Lipinski definition) is 0. The van der Waals surface area contributed by atoms with E-state index in [2.05, 4.69) is 51.0 Å². The molecule has 194 valence electrons. The Kier molecular flexibility index (Phi) is 7.19. The van der Waals surface area contributed by atoms with E-state index in [9.17, 15) is 13.2 Å². The Morgan fingerprint density at radius 1 is 1.11 bits per heavy atom. The minimum atomic E-state index is -4.72. The summed E-state index contributed by atoms with van der Waals surface area (Å²) in [6.45, 7) is 4.03. The monoisotopic (exact) mass is 545 g/mol. The highest BCUT2D eigenvalue weighted by atomic mass is 32.2. The van der Waals surface area contributed by atoms with Gasteiger partial charge in [-0.05, 0) is 66.6 Å². The summed E-state index contributed by atoms with van der Waals surface area (Å²) >= 11 is 3.24. The molecule has 37 heavy (non-hydrogen) atoms. The van der Waals surface area contributed by atoms with Gasteiger partial charge in [0, 0.05) is 37.3 Å². The number of aryl methyl sites for hydroxylation is 1. The zero-order valence-corrected chi connectivity index (χ0v) is 22.3. The van der Waals surface area contributed by atoms with Gasteiger partial charge in [0.25, 0.3) is 0 Å². The van der Waals surface area contributed by atoms with Crippen LogP contribution in [0.4, 0.5) is 24.1 Å². The van der Waals surface area contributed by atoms with E-state index in [0.717, 1.165) is 48.2 Å². The largest absolute Gasteiger partial charge is 0.573 e. The Morgan fingerprint density at radius 2 is 1.86 bits per heavy atom. The molecule has 0 saturated carbocycles. The summed E-state index contributed by atoms with van der Waals surface area (Å²) in [5.41, 5.74) is 5.76. The van der Waals surface area contributed by atoms with Crippen LogP contribution in [0.2, 0.25) is 0 Å². The van der Waals surface area contributed by atoms with Crippen LogP contribution in [0.15, 0.2) is 54.1 Å². The van der Waals surface area contributed by atoms with Crippen LogP contribution in [0.5, 0.6) is 5.75 Å². The van der Waals surface area contributed by atoms with Gasteiger partial charge in [-0.1, -0.05) is 24.9 Å². The number of benzene rings is 1. The predicted octanol–water partition coefficient (Wildman–Crippen LogP) is 7.05. The van der Waals surface area contributed by atoms with Crippen LogP contribution in [-0.2, 0) is 6.42 Å². The maximum absolute atomic E-state index is 12.5. The molecule has 0 bridgehead atoms. The Hall–Kier alpha value is -3.02. The molecule has 1 aliphatic heterocycles. The number of thiazole rings is 1. The third kappa shape index (κ3) is 5.48. The van der Waals surface area contributed by atoms with E-state index in [-0.39, 0.29) is 5.75 Å². The lowest BCUT2D eigenvalue weighted by molar-refractivity contribution is -0.274. The standard InChI is InChI=1S/C26H26F3N5OS2/c1-4-21-24(34-15-19(7-10-23(34)30-21)17-11-13-33(36-3)14-12-17)32(2)25-31-22(16-37-25)18-5-8-20(9-6-18)35-26(27,28)29/h5-11,15-16H,4,12-14H2,1-3H3. The first-order chi connectivity index (χ1) is 17.8. The molecule has 0 aliphatic carbocycles. The smallest absolute Gasteiger partial charge is 0.406 e. The van der Waals surface area contributed by atoms with Crippen LogP contribution in [-0.4, -0.2) is 51.4 Å². The van der Waals surface area contributed by atoms with Crippen molar-refractivity contribution in [3.05, 3.63) is 65.3 Å². The van der Waals surface area contributed by atoms with Gasteiger partial charge in [0.2, 0.25) is 0 Å². The second-order valence-electron chi connectivity index (χ2n) is 8.58. The Bertz CT molecular complexity index is 1430. The predicted molar refractivity (Wildman–Crippen MR) is 145 cm³/mol. The molecule has 11 heteroatoms. The lowest BCUT2D eigenvalue weighted by atomic mass is 10.0. The van der Waals surface area contributed by atoms with Crippen LogP contribution >= 0.6 is 23.3 Å². The minimum Gasteiger partial charge on any atom is -0.406 e. The molecule has 4 heterocycles. The summed E-state index contributed by atoms with van der Waals surface area (Å²) < 4.78 is 45.9. The molecule has 0 spiro atoms. The third-order valence-corrected chi connectivity index (χ3v) is 8.04. The summed E-state index contributed by atoms with van der Waals surface area (Å²) in [5, 5.41) is 2.66. The third-order valence-electron chi connectivity index (χ3n) is 6.28. The van der Waals surface area contributed by atoms with Gasteiger partial charge < -0.3 is 9.64 Å². The highest BCUT2D eigenvalue weighted by molar-refractivity contribution is 7.96. The summed E-state index contributed by atoms with van der Waals surface area (Å²) in [6, 6.07) is 9.95. The molecule has 0 amide bonds. The zero-order chi connectivity index (χ0) is 26.2. The molecule has 6 nitrogen and oxygen atoms in total. The summed E-state index contributed by atoms with van der Waals surface area (Å²) in [6.07, 6.45) is 3.59. The number of alkyl halides is 3. The van der Waals surface area contributed by atoms with E-state index < -0.39 is 6.36 Å². The van der Waals surface area contributed by atoms with Gasteiger partial charge >= 0.3 is 6.36 Å². The molecular weight excluding hydrogens is 519 g/mol. The molecule has 0 atom stereocenters. The van der Waals surface area contributed by atoms with Gasteiger partial charge in [-0.15, -0.1) is 24.5 Å². The topological polar surface area (TPSA) is 45.9 Å². The number of imidazole rings is 1. The first kappa shape index (κ1) is 25.6. The van der Waals surface area contributed by atoms with Crippen LogP contribution in [0.1, 0.15) is 24.6 Å². The molecule has 1 aliphatic rings. The minimum absolute atomic E-state index is 0.257. The summed E-state index contributed by atoms with van der Waals surface area (Å²) in [7, 11) is 1.97. The highest BCUT2D eigenvalue weighted by Crippen LogP contribution is 2.35. The van der Waals surface area contributed by atoms with E-state index in [1.807, 2.05) is 17.3 Å². The average molecular weight is 546 g/mol. The molecular formula is C26H26F3N5OS2. The molecule has 0 saturated heterocycles. The lowest BCUT2D eigenvalue weighted by Crippen LogP contribution is -2.21. The normalized spacial score (nSPS) is 14.7. The number of anilines is 2. The molecule has 5 rings (SSSR count). The lowest BCUT2D eigenvalue weighted by Gasteiger charge is -2.24. The Labute approximate surface area is 221 Å². The second kappa shape index (κ2) is 10.4. The van der Waals surface area contributed by atoms with Crippen molar-refractivity contribution >= 4 is 45.5 Å². The highest BCUT2D eigenvalue weighted by Gasteiger charge is 2.31. The summed E-state index contributed by atoms with van der Waals surface area (Å²) in [4.78, 5) is 11.7. The SMILES string of the molecule is CCc1nc2ccc(C3=CCN(SC)CC3)cn2c1N(C)c1nc(-c2ccc(OC(F)(F)F)cc2)cs1. The maximum atomic E-state index is 12.5. The fourth-order valence-corrected chi connectivity index (χ4v) is 5.71. The number of aromatic nitrogens is 3. The van der Waals surface area contributed by atoms with Crippen molar-refractivity contribution in [2.24, 2.45) is 0 Å². The Balaban J connectivity index is 1.44. The quantitative estimate of drug-likeness (QED) is 0.232. The average Bonchev–Trinajstić information content (AvgIpc) is 3.53. The number of pyridine rings is 1. The first-order valence-electron chi connectivity index (χ1n) is 11.8. The number of nitrogens with zero attached hydrogens (tertiary/aromatic N) is 5. The van der Waals surface area contributed by atoms with Crippen molar-refractivity contribution in [3.63, 3.8) is 0 Å². The number of halogens is 3. The Morgan fingerprint density at radius 3 is 2.51 bits per heavy atom. The van der Waals surface area contributed by atoms with Gasteiger partial charge in [0.15, 0.2) is 5.13 Å². The second-order valence-corrected chi connectivity index (χ2v) is 10.3. The van der Waals surface area contributed by atoms with Gasteiger partial charge in [-0.3, -0.25) is 4.40 Å². The molecule has 0 N–H and O–H groups in total. The van der Waals surface area contributed by atoms with Crippen LogP contribution in [0, 0.1) is 0 Å². The van der Waals surface area contributed by atoms with Crippen molar-refractivity contribution in [1.29, 1.82) is 0 Å². The molecule has 1 aromatic carbocycles.